The van der Waals surface area contributed by atoms with Gasteiger partial charge >= 0.3 is 0 Å². The number of hydrogen-bond donors (Lipinski definition) is 1. The summed E-state index contributed by atoms with van der Waals surface area (Å²) >= 11 is 12.1. The van der Waals surface area contributed by atoms with Gasteiger partial charge in [0, 0.05) is 42.7 Å². The van der Waals surface area contributed by atoms with Gasteiger partial charge in [-0.05, 0) is 31.0 Å². The van der Waals surface area contributed by atoms with E-state index < -0.39 is 0 Å². The average Bonchev–Trinajstić information content (AvgIpc) is 2.97. The minimum absolute atomic E-state index is 0.532. The van der Waals surface area contributed by atoms with E-state index in [-0.39, 0.29) is 0 Å². The van der Waals surface area contributed by atoms with Crippen molar-refractivity contribution < 1.29 is 4.74 Å². The van der Waals surface area contributed by atoms with Gasteiger partial charge in [0.15, 0.2) is 5.96 Å². The zero-order valence-electron chi connectivity index (χ0n) is 13.1. The maximum atomic E-state index is 6.20. The fraction of sp³-hybridized carbons (Fsp3) is 0.562. The third kappa shape index (κ3) is 5.04. The van der Waals surface area contributed by atoms with Crippen molar-refractivity contribution in [3.63, 3.8) is 0 Å². The van der Waals surface area contributed by atoms with Crippen LogP contribution in [0.2, 0.25) is 10.0 Å². The molecule has 1 atom stereocenters. The molecular weight excluding hydrogens is 321 g/mol. The van der Waals surface area contributed by atoms with Crippen LogP contribution in [-0.4, -0.2) is 44.2 Å². The summed E-state index contributed by atoms with van der Waals surface area (Å²) in [5, 5.41) is 4.62. The summed E-state index contributed by atoms with van der Waals surface area (Å²) < 4.78 is 5.44. The second-order valence-corrected chi connectivity index (χ2v) is 6.36. The summed E-state index contributed by atoms with van der Waals surface area (Å²) in [5.74, 6) is 1.47. The fourth-order valence-corrected chi connectivity index (χ4v) is 2.95. The minimum Gasteiger partial charge on any atom is -0.381 e. The number of aliphatic imine (C=N–C) groups is 1. The third-order valence-electron chi connectivity index (χ3n) is 3.67. The van der Waals surface area contributed by atoms with E-state index in [1.807, 2.05) is 12.1 Å². The number of guanidine groups is 1. The van der Waals surface area contributed by atoms with Gasteiger partial charge in [-0.15, -0.1) is 0 Å². The van der Waals surface area contributed by atoms with Crippen LogP contribution in [0.25, 0.3) is 0 Å². The maximum Gasteiger partial charge on any atom is 0.193 e. The molecule has 1 aliphatic rings. The lowest BCUT2D eigenvalue weighted by molar-refractivity contribution is 0.181. The molecule has 6 heteroatoms. The van der Waals surface area contributed by atoms with Gasteiger partial charge in [0.2, 0.25) is 0 Å². The summed E-state index contributed by atoms with van der Waals surface area (Å²) in [7, 11) is 2.06. The molecule has 0 aromatic heterocycles. The lowest BCUT2D eigenvalue weighted by atomic mass is 10.1. The largest absolute Gasteiger partial charge is 0.381 e. The SMILES string of the molecule is CCNC(=NCc1ccc(Cl)cc1Cl)N(C)CC1CCOC1. The standard InChI is InChI=1S/C16H23Cl2N3O/c1-3-19-16(21(2)10-12-6-7-22-11-12)20-9-13-4-5-14(17)8-15(13)18/h4-5,8,12H,3,6-7,9-11H2,1-2H3,(H,19,20). The van der Waals surface area contributed by atoms with Crippen molar-refractivity contribution in [2.75, 3.05) is 33.4 Å². The number of nitrogens with one attached hydrogen (secondary N) is 1. The second-order valence-electron chi connectivity index (χ2n) is 5.52. The summed E-state index contributed by atoms with van der Waals surface area (Å²) in [4.78, 5) is 6.84. The lowest BCUT2D eigenvalue weighted by Crippen LogP contribution is -2.41. The van der Waals surface area contributed by atoms with Crippen LogP contribution in [0.3, 0.4) is 0 Å². The Morgan fingerprint density at radius 3 is 2.91 bits per heavy atom. The molecule has 1 fully saturated rings. The molecule has 1 saturated heterocycles. The lowest BCUT2D eigenvalue weighted by Gasteiger charge is -2.24. The van der Waals surface area contributed by atoms with Gasteiger partial charge < -0.3 is 15.0 Å². The van der Waals surface area contributed by atoms with Crippen molar-refractivity contribution in [1.82, 2.24) is 10.2 Å². The predicted octanol–water partition coefficient (Wildman–Crippen LogP) is 3.43. The highest BCUT2D eigenvalue weighted by Crippen LogP contribution is 2.21. The Kier molecular flexibility index (Phi) is 6.80. The molecule has 1 aliphatic heterocycles. The predicted molar refractivity (Wildman–Crippen MR) is 92.8 cm³/mol. The number of hydrogen-bond acceptors (Lipinski definition) is 2. The Morgan fingerprint density at radius 1 is 1.45 bits per heavy atom. The van der Waals surface area contributed by atoms with Gasteiger partial charge in [-0.3, -0.25) is 0 Å². The molecule has 0 spiro atoms. The van der Waals surface area contributed by atoms with Gasteiger partial charge in [0.1, 0.15) is 0 Å². The summed E-state index contributed by atoms with van der Waals surface area (Å²) in [6, 6.07) is 5.51. The van der Waals surface area contributed by atoms with Crippen molar-refractivity contribution in [3.05, 3.63) is 33.8 Å². The van der Waals surface area contributed by atoms with Crippen LogP contribution in [0, 0.1) is 5.92 Å². The maximum absolute atomic E-state index is 6.20. The van der Waals surface area contributed by atoms with E-state index in [1.54, 1.807) is 6.07 Å². The molecule has 4 nitrogen and oxygen atoms in total. The average molecular weight is 344 g/mol. The summed E-state index contributed by atoms with van der Waals surface area (Å²) in [5.41, 5.74) is 0.971. The van der Waals surface area contributed by atoms with Crippen LogP contribution in [-0.2, 0) is 11.3 Å². The molecular formula is C16H23Cl2N3O. The smallest absolute Gasteiger partial charge is 0.193 e. The third-order valence-corrected chi connectivity index (χ3v) is 4.25. The molecule has 22 heavy (non-hydrogen) atoms. The van der Waals surface area contributed by atoms with Crippen LogP contribution in [0.5, 0.6) is 0 Å². The summed E-state index contributed by atoms with van der Waals surface area (Å²) in [6.45, 7) is 6.08. The zero-order chi connectivity index (χ0) is 15.9. The van der Waals surface area contributed by atoms with Gasteiger partial charge in [-0.2, -0.15) is 0 Å². The van der Waals surface area contributed by atoms with Crippen molar-refractivity contribution in [3.8, 4) is 0 Å². The van der Waals surface area contributed by atoms with Gasteiger partial charge in [-0.1, -0.05) is 29.3 Å². The summed E-state index contributed by atoms with van der Waals surface area (Å²) in [6.07, 6.45) is 1.12. The first kappa shape index (κ1) is 17.4. The Hall–Kier alpha value is -0.970. The Morgan fingerprint density at radius 2 is 2.27 bits per heavy atom. The highest BCUT2D eigenvalue weighted by Gasteiger charge is 2.19. The topological polar surface area (TPSA) is 36.9 Å². The second kappa shape index (κ2) is 8.61. The molecule has 0 aliphatic carbocycles. The van der Waals surface area contributed by atoms with E-state index in [1.165, 1.54) is 0 Å². The van der Waals surface area contributed by atoms with E-state index in [0.717, 1.165) is 44.2 Å². The van der Waals surface area contributed by atoms with Gasteiger partial charge in [0.05, 0.1) is 13.2 Å². The van der Waals surface area contributed by atoms with E-state index in [4.69, 9.17) is 27.9 Å². The molecule has 122 valence electrons. The molecule has 1 aromatic carbocycles. The van der Waals surface area contributed by atoms with Crippen LogP contribution < -0.4 is 5.32 Å². The van der Waals surface area contributed by atoms with Crippen LogP contribution in [0.15, 0.2) is 23.2 Å². The molecule has 1 aromatic rings. The fourth-order valence-electron chi connectivity index (χ4n) is 2.48. The number of nitrogens with zero attached hydrogens (tertiary/aromatic N) is 2. The number of halogens is 2. The first-order valence-corrected chi connectivity index (χ1v) is 8.37. The van der Waals surface area contributed by atoms with Crippen molar-refractivity contribution in [2.45, 2.75) is 19.9 Å². The Balaban J connectivity index is 2.01. The monoisotopic (exact) mass is 343 g/mol. The van der Waals surface area contributed by atoms with Crippen LogP contribution in [0.1, 0.15) is 18.9 Å². The van der Waals surface area contributed by atoms with Crippen LogP contribution >= 0.6 is 23.2 Å². The van der Waals surface area contributed by atoms with Crippen LogP contribution in [0.4, 0.5) is 0 Å². The zero-order valence-corrected chi connectivity index (χ0v) is 14.6. The van der Waals surface area contributed by atoms with Crippen molar-refractivity contribution in [2.24, 2.45) is 10.9 Å². The van der Waals surface area contributed by atoms with Gasteiger partial charge in [0.25, 0.3) is 0 Å². The Labute approximate surface area is 142 Å². The van der Waals surface area contributed by atoms with E-state index in [0.29, 0.717) is 22.5 Å². The molecule has 0 saturated carbocycles. The molecule has 0 radical (unpaired) electrons. The first-order chi connectivity index (χ1) is 10.6. The highest BCUT2D eigenvalue weighted by atomic mass is 35.5. The molecule has 0 bridgehead atoms. The number of benzene rings is 1. The molecule has 1 unspecified atom stereocenters. The van der Waals surface area contributed by atoms with Crippen molar-refractivity contribution >= 4 is 29.2 Å². The number of rotatable bonds is 5. The van der Waals surface area contributed by atoms with Crippen molar-refractivity contribution in [1.29, 1.82) is 0 Å². The quantitative estimate of drug-likeness (QED) is 0.657. The number of ether oxygens (including phenoxy) is 1. The highest BCUT2D eigenvalue weighted by molar-refractivity contribution is 6.35. The van der Waals surface area contributed by atoms with Gasteiger partial charge in [-0.25, -0.2) is 4.99 Å². The molecule has 1 heterocycles. The van der Waals surface area contributed by atoms with E-state index >= 15 is 0 Å². The minimum atomic E-state index is 0.532. The Bertz CT molecular complexity index is 516. The molecule has 2 rings (SSSR count). The van der Waals surface area contributed by atoms with E-state index in [2.05, 4.69) is 29.2 Å². The van der Waals surface area contributed by atoms with E-state index in [9.17, 15) is 0 Å². The normalized spacial score (nSPS) is 18.5. The molecule has 0 amide bonds. The molecule has 1 N–H and O–H groups in total. The first-order valence-electron chi connectivity index (χ1n) is 7.61.